The molecule has 1 saturated carbocycles. The van der Waals surface area contributed by atoms with Crippen molar-refractivity contribution in [1.82, 2.24) is 39.9 Å². The molecule has 0 unspecified atom stereocenters. The van der Waals surface area contributed by atoms with Gasteiger partial charge in [0.05, 0.1) is 21.7 Å². The lowest BCUT2D eigenvalue weighted by Crippen LogP contribution is -2.61. The summed E-state index contributed by atoms with van der Waals surface area (Å²) in [5.41, 5.74) is 3.40. The number of piperazine rings is 1. The maximum atomic E-state index is 13.0. The van der Waals surface area contributed by atoms with Crippen molar-refractivity contribution < 1.29 is 9.32 Å². The molecule has 2 N–H and O–H groups in total. The second-order valence-corrected chi connectivity index (χ2v) is 13.3. The summed E-state index contributed by atoms with van der Waals surface area (Å²) in [6.07, 6.45) is 8.03. The Morgan fingerprint density at radius 1 is 1.09 bits per heavy atom. The minimum atomic E-state index is -0.660. The first-order valence-corrected chi connectivity index (χ1v) is 15.9. The number of nitrogens with zero attached hydrogens (tertiary/aromatic N) is 7. The Bertz CT molecular complexity index is 1690. The van der Waals surface area contributed by atoms with Gasteiger partial charge in [-0.15, -0.1) is 0 Å². The molecule has 1 aliphatic heterocycles. The normalized spacial score (nSPS) is 22.6. The maximum Gasteiger partial charge on any atom is 0.439 e. The van der Waals surface area contributed by atoms with Crippen molar-refractivity contribution in [3.63, 3.8) is 0 Å². The van der Waals surface area contributed by atoms with Gasteiger partial charge in [-0.05, 0) is 64.5 Å². The van der Waals surface area contributed by atoms with Crippen LogP contribution in [0.3, 0.4) is 0 Å². The molecule has 1 aliphatic carbocycles. The first kappa shape index (κ1) is 30.1. The molecule has 2 fully saturated rings. The van der Waals surface area contributed by atoms with Gasteiger partial charge in [0, 0.05) is 55.7 Å². The number of H-pyrrole nitrogens is 1. The Morgan fingerprint density at radius 2 is 1.82 bits per heavy atom. The minimum absolute atomic E-state index is 0.00853. The number of pyridine rings is 2. The minimum Gasteiger partial charge on any atom is -0.336 e. The summed E-state index contributed by atoms with van der Waals surface area (Å²) < 4.78 is 7.12. The first-order valence-electron chi connectivity index (χ1n) is 15.5. The third-order valence-electron chi connectivity index (χ3n) is 8.79. The lowest BCUT2D eigenvalue weighted by Gasteiger charge is -2.45. The number of aromatic nitrogens is 6. The van der Waals surface area contributed by atoms with E-state index in [1.165, 1.54) is 12.8 Å². The summed E-state index contributed by atoms with van der Waals surface area (Å²) in [6.45, 7) is 12.5. The fraction of sp³-hybridized carbons (Fsp3) is 0.548. The molecule has 5 heterocycles. The van der Waals surface area contributed by atoms with Crippen LogP contribution >= 0.6 is 11.6 Å². The molecular weight excluding hydrogens is 582 g/mol. The largest absolute Gasteiger partial charge is 0.439 e. The quantitative estimate of drug-likeness (QED) is 0.294. The van der Waals surface area contributed by atoms with Gasteiger partial charge >= 0.3 is 11.8 Å². The molecule has 2 atom stereocenters. The second kappa shape index (κ2) is 12.2. The number of urea groups is 1. The van der Waals surface area contributed by atoms with E-state index in [4.69, 9.17) is 26.1 Å². The highest BCUT2D eigenvalue weighted by atomic mass is 35.5. The van der Waals surface area contributed by atoms with Crippen molar-refractivity contribution in [2.75, 3.05) is 18.0 Å². The molecule has 44 heavy (non-hydrogen) atoms. The molecule has 0 bridgehead atoms. The molecule has 6 rings (SSSR count). The molecule has 0 spiro atoms. The van der Waals surface area contributed by atoms with E-state index in [0.717, 1.165) is 42.3 Å². The van der Waals surface area contributed by atoms with Crippen LogP contribution in [0.5, 0.6) is 0 Å². The lowest BCUT2D eigenvalue weighted by atomic mass is 9.83. The summed E-state index contributed by atoms with van der Waals surface area (Å²) >= 11 is 6.42. The number of fused-ring (bicyclic) bond motifs is 1. The Kier molecular flexibility index (Phi) is 8.36. The zero-order valence-electron chi connectivity index (χ0n) is 25.9. The fourth-order valence-electron chi connectivity index (χ4n) is 6.71. The van der Waals surface area contributed by atoms with Crippen molar-refractivity contribution in [2.45, 2.75) is 85.0 Å². The number of aromatic amines is 1. The third-order valence-corrected chi connectivity index (χ3v) is 9.00. The van der Waals surface area contributed by atoms with Gasteiger partial charge in [-0.25, -0.2) is 19.6 Å². The number of amides is 2. The summed E-state index contributed by atoms with van der Waals surface area (Å²) in [5, 5.41) is 7.42. The fourth-order valence-corrected chi connectivity index (χ4v) is 6.88. The van der Waals surface area contributed by atoms with Crippen molar-refractivity contribution in [1.29, 1.82) is 0 Å². The van der Waals surface area contributed by atoms with Gasteiger partial charge in [-0.3, -0.25) is 14.5 Å². The van der Waals surface area contributed by atoms with Crippen LogP contribution in [0.15, 0.2) is 33.8 Å². The molecule has 12 nitrogen and oxygen atoms in total. The number of hydrogen-bond acceptors (Lipinski definition) is 8. The van der Waals surface area contributed by atoms with Gasteiger partial charge in [0.1, 0.15) is 5.69 Å². The number of imidazole rings is 1. The van der Waals surface area contributed by atoms with E-state index < -0.39 is 5.76 Å². The molecule has 4 aromatic rings. The van der Waals surface area contributed by atoms with Crippen LogP contribution in [0.4, 0.5) is 10.7 Å². The number of halogens is 1. The Morgan fingerprint density at radius 3 is 2.45 bits per heavy atom. The second-order valence-electron chi connectivity index (χ2n) is 12.8. The van der Waals surface area contributed by atoms with Gasteiger partial charge in [-0.2, -0.15) is 0 Å². The number of anilines is 1. The van der Waals surface area contributed by atoms with E-state index in [9.17, 15) is 9.59 Å². The smallest absolute Gasteiger partial charge is 0.336 e. The Labute approximate surface area is 261 Å². The highest BCUT2D eigenvalue weighted by Crippen LogP contribution is 2.38. The van der Waals surface area contributed by atoms with Gasteiger partial charge < -0.3 is 19.7 Å². The van der Waals surface area contributed by atoms with E-state index in [2.05, 4.69) is 50.7 Å². The maximum absolute atomic E-state index is 13.0. The third kappa shape index (κ3) is 6.04. The first-order chi connectivity index (χ1) is 21.1. The highest BCUT2D eigenvalue weighted by Gasteiger charge is 2.36. The highest BCUT2D eigenvalue weighted by molar-refractivity contribution is 6.30. The van der Waals surface area contributed by atoms with E-state index in [-0.39, 0.29) is 30.0 Å². The van der Waals surface area contributed by atoms with Crippen LogP contribution in [0.1, 0.15) is 60.3 Å². The van der Waals surface area contributed by atoms with Gasteiger partial charge in [0.2, 0.25) is 11.8 Å². The average molecular weight is 622 g/mol. The summed E-state index contributed by atoms with van der Waals surface area (Å²) in [4.78, 5) is 46.2. The monoisotopic (exact) mass is 621 g/mol. The van der Waals surface area contributed by atoms with E-state index in [1.807, 2.05) is 30.9 Å². The molecule has 2 aliphatic rings. The van der Waals surface area contributed by atoms with Crippen molar-refractivity contribution in [2.24, 2.45) is 11.8 Å². The molecule has 1 saturated heterocycles. The molecule has 2 amide bonds. The van der Waals surface area contributed by atoms with Crippen LogP contribution in [0, 0.1) is 11.8 Å². The summed E-state index contributed by atoms with van der Waals surface area (Å²) in [6, 6.07) is 3.71. The predicted molar refractivity (Wildman–Crippen MR) is 170 cm³/mol. The topological polar surface area (TPSA) is 138 Å². The molecule has 0 radical (unpaired) electrons. The summed E-state index contributed by atoms with van der Waals surface area (Å²) in [7, 11) is 0. The van der Waals surface area contributed by atoms with Crippen LogP contribution in [-0.2, 0) is 6.54 Å². The molecule has 234 valence electrons. The zero-order valence-corrected chi connectivity index (χ0v) is 26.6. The SMILES string of the molecule is CC1CCC(Cn2c(N3[C@H](C)CN(C(=O)NC(C)C)C[C@H]3C)nc3cc(-c4noc(=O)[nH]4)nc(-c4cncc(Cl)c4)c32)CC1. The molecule has 13 heteroatoms. The van der Waals surface area contributed by atoms with Gasteiger partial charge in [-0.1, -0.05) is 36.5 Å². The Balaban J connectivity index is 1.51. The predicted octanol–water partition coefficient (Wildman–Crippen LogP) is 5.33. The number of carbonyl (C=O) groups excluding carboxylic acids is 1. The van der Waals surface area contributed by atoms with Crippen molar-refractivity contribution in [3.8, 4) is 22.8 Å². The van der Waals surface area contributed by atoms with Crippen LogP contribution in [-0.4, -0.2) is 71.8 Å². The van der Waals surface area contributed by atoms with Crippen molar-refractivity contribution in [3.05, 3.63) is 40.1 Å². The van der Waals surface area contributed by atoms with Crippen LogP contribution < -0.4 is 16.0 Å². The van der Waals surface area contributed by atoms with E-state index in [1.54, 1.807) is 12.4 Å². The van der Waals surface area contributed by atoms with Crippen molar-refractivity contribution >= 4 is 34.6 Å². The van der Waals surface area contributed by atoms with Gasteiger partial charge in [0.25, 0.3) is 0 Å². The standard InChI is InChI=1S/C31H40ClN9O3/c1-17(2)34-30(42)39-14-19(4)41(20(5)15-39)29-36-24-11-25(28-37-31(43)44-38-28)35-26(22-10-23(32)13-33-12-22)27(24)40(29)16-21-8-6-18(3)7-9-21/h10-13,17-21H,6-9,14-16H2,1-5H3,(H,34,42)(H,37,38,43)/t18?,19-,20-,21?/m1/s1. The number of hydrogen-bond donors (Lipinski definition) is 2. The van der Waals surface area contributed by atoms with Gasteiger partial charge in [0.15, 0.2) is 0 Å². The number of rotatable bonds is 6. The van der Waals surface area contributed by atoms with E-state index in [0.29, 0.717) is 40.9 Å². The lowest BCUT2D eigenvalue weighted by molar-refractivity contribution is 0.173. The average Bonchev–Trinajstić information content (AvgIpc) is 3.56. The molecule has 0 aromatic carbocycles. The molecular formula is C31H40ClN9O3. The van der Waals surface area contributed by atoms with Crippen LogP contribution in [0.25, 0.3) is 33.8 Å². The van der Waals surface area contributed by atoms with E-state index >= 15 is 0 Å². The number of carbonyl (C=O) groups is 1. The zero-order chi connectivity index (χ0) is 31.1. The van der Waals surface area contributed by atoms with Crippen LogP contribution in [0.2, 0.25) is 5.02 Å². The molecule has 4 aromatic heterocycles. The summed E-state index contributed by atoms with van der Waals surface area (Å²) in [5.74, 6) is 1.62. The number of nitrogens with one attached hydrogen (secondary N) is 2. The Hall–Kier alpha value is -3.93.